The molecule has 0 radical (unpaired) electrons. The molecule has 7 nitrogen and oxygen atoms in total. The number of carbonyl (C=O) groups excluding carboxylic acids is 2. The van der Waals surface area contributed by atoms with E-state index in [9.17, 15) is 9.59 Å². The third-order valence-corrected chi connectivity index (χ3v) is 7.15. The van der Waals surface area contributed by atoms with E-state index in [0.717, 1.165) is 32.6 Å². The van der Waals surface area contributed by atoms with Crippen LogP contribution in [0.15, 0.2) is 24.3 Å². The van der Waals surface area contributed by atoms with E-state index in [1.807, 2.05) is 9.80 Å². The number of nitrogens with one attached hydrogen (secondary N) is 1. The van der Waals surface area contributed by atoms with Crippen molar-refractivity contribution in [2.24, 2.45) is 5.41 Å². The van der Waals surface area contributed by atoms with Crippen LogP contribution in [0.5, 0.6) is 0 Å². The van der Waals surface area contributed by atoms with Crippen LogP contribution in [0.3, 0.4) is 0 Å². The molecule has 4 heterocycles. The molecule has 4 aliphatic rings. The van der Waals surface area contributed by atoms with E-state index in [-0.39, 0.29) is 30.7 Å². The number of morpholine rings is 1. The van der Waals surface area contributed by atoms with Gasteiger partial charge in [0.25, 0.3) is 0 Å². The number of amides is 3. The maximum atomic E-state index is 12.9. The molecule has 4 fully saturated rings. The van der Waals surface area contributed by atoms with Crippen molar-refractivity contribution in [2.45, 2.75) is 44.8 Å². The van der Waals surface area contributed by atoms with Crippen LogP contribution in [0.25, 0.3) is 0 Å². The Morgan fingerprint density at radius 3 is 2.57 bits per heavy atom. The van der Waals surface area contributed by atoms with E-state index < -0.39 is 0 Å². The molecule has 1 N–H and O–H groups in total. The van der Waals surface area contributed by atoms with Crippen molar-refractivity contribution < 1.29 is 14.3 Å². The highest BCUT2D eigenvalue weighted by Crippen LogP contribution is 2.34. The van der Waals surface area contributed by atoms with Gasteiger partial charge >= 0.3 is 6.03 Å². The van der Waals surface area contributed by atoms with Crippen molar-refractivity contribution in [1.29, 1.82) is 0 Å². The topological polar surface area (TPSA) is 65.1 Å². The highest BCUT2D eigenvalue weighted by atomic mass is 16.5. The molecule has 7 heteroatoms. The lowest BCUT2D eigenvalue weighted by molar-refractivity contribution is -0.139. The zero-order valence-corrected chi connectivity index (χ0v) is 18.0. The summed E-state index contributed by atoms with van der Waals surface area (Å²) in [7, 11) is 0. The van der Waals surface area contributed by atoms with Gasteiger partial charge in [-0.2, -0.15) is 0 Å². The van der Waals surface area contributed by atoms with Gasteiger partial charge in [0.1, 0.15) is 6.61 Å². The third-order valence-electron chi connectivity index (χ3n) is 7.15. The number of hydrogen-bond acceptors (Lipinski definition) is 4. The molecule has 4 aliphatic heterocycles. The van der Waals surface area contributed by atoms with Crippen molar-refractivity contribution in [2.75, 3.05) is 50.8 Å². The lowest BCUT2D eigenvalue weighted by atomic mass is 9.91. The summed E-state index contributed by atoms with van der Waals surface area (Å²) in [6, 6.07) is 8.93. The number of anilines is 1. The Morgan fingerprint density at radius 2 is 1.87 bits per heavy atom. The minimum atomic E-state index is -0.0875. The Kier molecular flexibility index (Phi) is 4.88. The lowest BCUT2D eigenvalue weighted by Crippen LogP contribution is -2.63. The molecular formula is C23H32N4O3. The first kappa shape index (κ1) is 19.7. The second-order valence-corrected chi connectivity index (χ2v) is 10.1. The van der Waals surface area contributed by atoms with Crippen molar-refractivity contribution in [1.82, 2.24) is 15.1 Å². The molecule has 0 aromatic heterocycles. The minimum absolute atomic E-state index is 0.0376. The van der Waals surface area contributed by atoms with Crippen molar-refractivity contribution in [3.05, 3.63) is 29.8 Å². The number of nitrogens with zero attached hydrogens (tertiary/aromatic N) is 3. The molecule has 1 aromatic rings. The Bertz CT molecular complexity index is 818. The Morgan fingerprint density at radius 1 is 1.10 bits per heavy atom. The number of urea groups is 1. The van der Waals surface area contributed by atoms with Crippen LogP contribution in [0.1, 0.15) is 38.2 Å². The number of piperidine rings is 1. The Labute approximate surface area is 178 Å². The first-order chi connectivity index (χ1) is 14.4. The molecule has 4 saturated heterocycles. The summed E-state index contributed by atoms with van der Waals surface area (Å²) in [5.74, 6) is 0.323. The summed E-state index contributed by atoms with van der Waals surface area (Å²) >= 11 is 0. The molecule has 3 amide bonds. The van der Waals surface area contributed by atoms with Crippen LogP contribution in [0, 0.1) is 5.41 Å². The van der Waals surface area contributed by atoms with E-state index in [1.165, 1.54) is 17.7 Å². The fourth-order valence-electron chi connectivity index (χ4n) is 5.21. The molecule has 0 saturated carbocycles. The minimum Gasteiger partial charge on any atom is -0.371 e. The number of hydrogen-bond donors (Lipinski definition) is 1. The Hall–Kier alpha value is -2.28. The maximum absolute atomic E-state index is 12.9. The van der Waals surface area contributed by atoms with E-state index in [4.69, 9.17) is 4.74 Å². The summed E-state index contributed by atoms with van der Waals surface area (Å²) in [5, 5.41) is 2.97. The van der Waals surface area contributed by atoms with E-state index in [1.54, 1.807) is 0 Å². The molecule has 2 atom stereocenters. The summed E-state index contributed by atoms with van der Waals surface area (Å²) in [6.07, 6.45) is 2.06. The normalized spacial score (nSPS) is 28.7. The average molecular weight is 413 g/mol. The highest BCUT2D eigenvalue weighted by Gasteiger charge is 2.40. The molecule has 5 rings (SSSR count). The van der Waals surface area contributed by atoms with Crippen LogP contribution in [-0.2, 0) is 9.53 Å². The van der Waals surface area contributed by atoms with Gasteiger partial charge < -0.3 is 24.8 Å². The second kappa shape index (κ2) is 7.45. The number of ether oxygens (including phenoxy) is 1. The fourth-order valence-corrected chi connectivity index (χ4v) is 5.21. The van der Waals surface area contributed by atoms with Gasteiger partial charge in [0.15, 0.2) is 0 Å². The van der Waals surface area contributed by atoms with Crippen molar-refractivity contribution in [3.8, 4) is 0 Å². The number of likely N-dealkylation sites (tertiary alicyclic amines) is 2. The summed E-state index contributed by atoms with van der Waals surface area (Å²) in [4.78, 5) is 30.7. The average Bonchev–Trinajstić information content (AvgIpc) is 3.06. The lowest BCUT2D eigenvalue weighted by Gasteiger charge is -2.46. The quantitative estimate of drug-likeness (QED) is 0.807. The van der Waals surface area contributed by atoms with Gasteiger partial charge in [-0.15, -0.1) is 0 Å². The number of carbonyl (C=O) groups is 2. The number of rotatable bonds is 2. The van der Waals surface area contributed by atoms with Gasteiger partial charge in [0.2, 0.25) is 5.91 Å². The maximum Gasteiger partial charge on any atom is 0.320 e. The molecule has 162 valence electrons. The molecule has 0 bridgehead atoms. The zero-order chi connectivity index (χ0) is 20.9. The summed E-state index contributed by atoms with van der Waals surface area (Å²) < 4.78 is 5.59. The van der Waals surface area contributed by atoms with E-state index in [2.05, 4.69) is 48.3 Å². The predicted molar refractivity (Wildman–Crippen MR) is 115 cm³/mol. The standard InChI is InChI=1S/C23H32N4O3/c1-23(2)8-10-26(15-23)18-5-3-16(4-6-18)17-11-27(12-17)22(29)25-9-7-20-19(13-25)24-21(28)14-30-20/h3-6,17,19-20H,7-15H2,1-2H3,(H,24,28). The summed E-state index contributed by atoms with van der Waals surface area (Å²) in [6.45, 7) is 9.80. The molecule has 0 spiro atoms. The second-order valence-electron chi connectivity index (χ2n) is 10.1. The smallest absolute Gasteiger partial charge is 0.320 e. The van der Waals surface area contributed by atoms with Gasteiger partial charge in [-0.3, -0.25) is 4.79 Å². The number of fused-ring (bicyclic) bond motifs is 1. The summed E-state index contributed by atoms with van der Waals surface area (Å²) in [5.41, 5.74) is 3.01. The van der Waals surface area contributed by atoms with E-state index >= 15 is 0 Å². The monoisotopic (exact) mass is 412 g/mol. The molecular weight excluding hydrogens is 380 g/mol. The molecule has 2 unspecified atom stereocenters. The number of benzene rings is 1. The van der Waals surface area contributed by atoms with E-state index in [0.29, 0.717) is 24.4 Å². The first-order valence-corrected chi connectivity index (χ1v) is 11.2. The zero-order valence-electron chi connectivity index (χ0n) is 18.0. The highest BCUT2D eigenvalue weighted by molar-refractivity contribution is 5.79. The van der Waals surface area contributed by atoms with Gasteiger partial charge in [-0.1, -0.05) is 26.0 Å². The van der Waals surface area contributed by atoms with Crippen molar-refractivity contribution >= 4 is 17.6 Å². The van der Waals surface area contributed by atoms with Gasteiger partial charge in [-0.25, -0.2) is 4.79 Å². The Balaban J connectivity index is 1.14. The SMILES string of the molecule is CC1(C)CCN(c2ccc(C3CN(C(=O)N4CCC5OCC(=O)NC5C4)C3)cc2)C1. The van der Waals surface area contributed by atoms with Crippen LogP contribution >= 0.6 is 0 Å². The van der Waals surface area contributed by atoms with Crippen molar-refractivity contribution in [3.63, 3.8) is 0 Å². The fraction of sp³-hybridized carbons (Fsp3) is 0.652. The largest absolute Gasteiger partial charge is 0.371 e. The van der Waals surface area contributed by atoms with Crippen LogP contribution < -0.4 is 10.2 Å². The molecule has 1 aromatic carbocycles. The third kappa shape index (κ3) is 3.75. The van der Waals surface area contributed by atoms with Crippen LogP contribution in [-0.4, -0.2) is 79.8 Å². The van der Waals surface area contributed by atoms with Crippen LogP contribution in [0.2, 0.25) is 0 Å². The van der Waals surface area contributed by atoms with Gasteiger partial charge in [0.05, 0.1) is 12.1 Å². The van der Waals surface area contributed by atoms with Gasteiger partial charge in [-0.05, 0) is 36.0 Å². The van der Waals surface area contributed by atoms with Crippen LogP contribution in [0.4, 0.5) is 10.5 Å². The first-order valence-electron chi connectivity index (χ1n) is 11.2. The predicted octanol–water partition coefficient (Wildman–Crippen LogP) is 2.03. The molecule has 30 heavy (non-hydrogen) atoms. The molecule has 0 aliphatic carbocycles. The van der Waals surface area contributed by atoms with Gasteiger partial charge in [0, 0.05) is 50.9 Å².